The number of hydrogen-bond donors (Lipinski definition) is 3. The minimum atomic E-state index is 0.495. The lowest BCUT2D eigenvalue weighted by Crippen LogP contribution is -2.51. The van der Waals surface area contributed by atoms with Crippen LogP contribution >= 0.6 is 0 Å². The van der Waals surface area contributed by atoms with Gasteiger partial charge in [0.25, 0.3) is 0 Å². The molecule has 0 aliphatic carbocycles. The highest BCUT2D eigenvalue weighted by Gasteiger charge is 2.17. The summed E-state index contributed by atoms with van der Waals surface area (Å²) in [7, 11) is 3.96. The smallest absolute Gasteiger partial charge is 0.227 e. The van der Waals surface area contributed by atoms with Gasteiger partial charge in [0.2, 0.25) is 5.95 Å². The minimum Gasteiger partial charge on any atom is -0.365 e. The summed E-state index contributed by atoms with van der Waals surface area (Å²) in [6, 6.07) is 2.49. The van der Waals surface area contributed by atoms with Gasteiger partial charge in [-0.2, -0.15) is 4.98 Å². The third kappa shape index (κ3) is 3.30. The second-order valence-corrected chi connectivity index (χ2v) is 4.72. The van der Waals surface area contributed by atoms with E-state index in [9.17, 15) is 0 Å². The molecule has 0 unspecified atom stereocenters. The maximum Gasteiger partial charge on any atom is 0.227 e. The van der Waals surface area contributed by atoms with E-state index in [0.29, 0.717) is 6.04 Å². The highest BCUT2D eigenvalue weighted by molar-refractivity contribution is 5.44. The fourth-order valence-corrected chi connectivity index (χ4v) is 1.78. The fourth-order valence-electron chi connectivity index (χ4n) is 1.78. The van der Waals surface area contributed by atoms with Gasteiger partial charge in [-0.25, -0.2) is 4.98 Å². The molecule has 0 atom stereocenters. The molecule has 0 amide bonds. The first kappa shape index (κ1) is 13.0. The number of aromatic nitrogens is 2. The summed E-state index contributed by atoms with van der Waals surface area (Å²) in [5.74, 6) is 1.69. The summed E-state index contributed by atoms with van der Waals surface area (Å²) in [6.07, 6.45) is 0. The van der Waals surface area contributed by atoms with E-state index in [1.54, 1.807) is 0 Å². The van der Waals surface area contributed by atoms with Crippen molar-refractivity contribution in [3.63, 3.8) is 0 Å². The summed E-state index contributed by atoms with van der Waals surface area (Å²) < 4.78 is 0. The molecule has 2 heterocycles. The van der Waals surface area contributed by atoms with Gasteiger partial charge < -0.3 is 20.9 Å². The van der Waals surface area contributed by atoms with Crippen molar-refractivity contribution in [1.82, 2.24) is 20.6 Å². The second-order valence-electron chi connectivity index (χ2n) is 4.72. The van der Waals surface area contributed by atoms with Crippen molar-refractivity contribution in [2.45, 2.75) is 13.0 Å². The Hall–Kier alpha value is -1.40. The van der Waals surface area contributed by atoms with E-state index in [1.807, 2.05) is 27.1 Å². The molecule has 0 saturated carbocycles. The summed E-state index contributed by atoms with van der Waals surface area (Å²) in [4.78, 5) is 11.1. The minimum absolute atomic E-state index is 0.495. The third-order valence-corrected chi connectivity index (χ3v) is 3.01. The quantitative estimate of drug-likeness (QED) is 0.651. The number of aryl methyl sites for hydroxylation is 1. The zero-order valence-electron chi connectivity index (χ0n) is 11.3. The molecular formula is C12H22N6. The number of likely N-dealkylation sites (N-methyl/N-ethyl adjacent to an activating group) is 2. The molecule has 0 bridgehead atoms. The lowest BCUT2D eigenvalue weighted by Gasteiger charge is -2.29. The van der Waals surface area contributed by atoms with Gasteiger partial charge in [0, 0.05) is 45.0 Å². The van der Waals surface area contributed by atoms with Crippen molar-refractivity contribution in [3.8, 4) is 0 Å². The normalized spacial score (nSPS) is 15.3. The SMILES string of the molecule is CNCCN(C)c1nc(C)cc(NC2CNC2)n1. The molecule has 0 aromatic carbocycles. The maximum atomic E-state index is 4.56. The first-order chi connectivity index (χ1) is 8.69. The molecule has 1 saturated heterocycles. The Labute approximate surface area is 108 Å². The van der Waals surface area contributed by atoms with Crippen molar-refractivity contribution in [3.05, 3.63) is 11.8 Å². The summed E-state index contributed by atoms with van der Waals surface area (Å²) in [6.45, 7) is 5.83. The monoisotopic (exact) mass is 250 g/mol. The van der Waals surface area contributed by atoms with Crippen LogP contribution in [0.2, 0.25) is 0 Å². The molecule has 1 aromatic heterocycles. The molecule has 1 fully saturated rings. The van der Waals surface area contributed by atoms with Gasteiger partial charge in [0.1, 0.15) is 5.82 Å². The first-order valence-electron chi connectivity index (χ1n) is 6.37. The van der Waals surface area contributed by atoms with Crippen LogP contribution in [0.1, 0.15) is 5.69 Å². The molecule has 1 aromatic rings. The fraction of sp³-hybridized carbons (Fsp3) is 0.667. The van der Waals surface area contributed by atoms with Crippen molar-refractivity contribution in [2.24, 2.45) is 0 Å². The van der Waals surface area contributed by atoms with E-state index >= 15 is 0 Å². The Balaban J connectivity index is 2.04. The molecule has 6 heteroatoms. The van der Waals surface area contributed by atoms with Crippen LogP contribution in [0.5, 0.6) is 0 Å². The lowest BCUT2D eigenvalue weighted by atomic mass is 10.2. The summed E-state index contributed by atoms with van der Waals surface area (Å²) in [5.41, 5.74) is 0.992. The topological polar surface area (TPSA) is 65.1 Å². The van der Waals surface area contributed by atoms with Gasteiger partial charge in [0.05, 0.1) is 6.04 Å². The van der Waals surface area contributed by atoms with Crippen LogP contribution < -0.4 is 20.9 Å². The van der Waals surface area contributed by atoms with Crippen LogP contribution in [0.4, 0.5) is 11.8 Å². The van der Waals surface area contributed by atoms with Crippen LogP contribution in [0.25, 0.3) is 0 Å². The third-order valence-electron chi connectivity index (χ3n) is 3.01. The van der Waals surface area contributed by atoms with Crippen LogP contribution in [0.15, 0.2) is 6.07 Å². The molecule has 0 spiro atoms. The molecule has 6 nitrogen and oxygen atoms in total. The van der Waals surface area contributed by atoms with E-state index < -0.39 is 0 Å². The molecule has 1 aliphatic heterocycles. The highest BCUT2D eigenvalue weighted by Crippen LogP contribution is 2.14. The average Bonchev–Trinajstić information content (AvgIpc) is 2.30. The average molecular weight is 250 g/mol. The lowest BCUT2D eigenvalue weighted by molar-refractivity contribution is 0.471. The summed E-state index contributed by atoms with van der Waals surface area (Å²) in [5, 5.41) is 9.78. The van der Waals surface area contributed by atoms with Crippen LogP contribution in [0, 0.1) is 6.92 Å². The van der Waals surface area contributed by atoms with Gasteiger partial charge in [-0.3, -0.25) is 0 Å². The number of rotatable bonds is 6. The van der Waals surface area contributed by atoms with Gasteiger partial charge in [-0.05, 0) is 14.0 Å². The molecular weight excluding hydrogens is 228 g/mol. The zero-order chi connectivity index (χ0) is 13.0. The van der Waals surface area contributed by atoms with Gasteiger partial charge in [-0.15, -0.1) is 0 Å². The molecule has 2 rings (SSSR count). The molecule has 18 heavy (non-hydrogen) atoms. The van der Waals surface area contributed by atoms with Crippen LogP contribution in [-0.2, 0) is 0 Å². The number of anilines is 2. The van der Waals surface area contributed by atoms with Gasteiger partial charge >= 0.3 is 0 Å². The zero-order valence-corrected chi connectivity index (χ0v) is 11.3. The Kier molecular flexibility index (Phi) is 4.33. The number of hydrogen-bond acceptors (Lipinski definition) is 6. The largest absolute Gasteiger partial charge is 0.365 e. The van der Waals surface area contributed by atoms with Gasteiger partial charge in [-0.1, -0.05) is 0 Å². The Bertz CT molecular complexity index is 390. The van der Waals surface area contributed by atoms with E-state index in [2.05, 4.69) is 30.8 Å². The second kappa shape index (κ2) is 5.97. The number of nitrogens with one attached hydrogen (secondary N) is 3. The van der Waals surface area contributed by atoms with Crippen molar-refractivity contribution >= 4 is 11.8 Å². The van der Waals surface area contributed by atoms with Crippen molar-refractivity contribution < 1.29 is 0 Å². The van der Waals surface area contributed by atoms with Crippen LogP contribution in [-0.4, -0.2) is 56.3 Å². The van der Waals surface area contributed by atoms with Crippen LogP contribution in [0.3, 0.4) is 0 Å². The van der Waals surface area contributed by atoms with E-state index in [0.717, 1.165) is 43.6 Å². The predicted octanol–water partition coefficient (Wildman–Crippen LogP) is -0.176. The van der Waals surface area contributed by atoms with Gasteiger partial charge in [0.15, 0.2) is 0 Å². The first-order valence-corrected chi connectivity index (χ1v) is 6.37. The Morgan fingerprint density at radius 3 is 2.83 bits per heavy atom. The van der Waals surface area contributed by atoms with Crippen molar-refractivity contribution in [1.29, 1.82) is 0 Å². The standard InChI is InChI=1S/C12H22N6/c1-9-6-11(16-10-7-14-8-10)17-12(15-9)18(3)5-4-13-2/h6,10,13-14H,4-5,7-8H2,1-3H3,(H,15,16,17). The highest BCUT2D eigenvalue weighted by atomic mass is 15.3. The molecule has 1 aliphatic rings. The number of nitrogens with zero attached hydrogens (tertiary/aromatic N) is 3. The van der Waals surface area contributed by atoms with E-state index in [-0.39, 0.29) is 0 Å². The molecule has 100 valence electrons. The maximum absolute atomic E-state index is 4.56. The van der Waals surface area contributed by atoms with E-state index in [4.69, 9.17) is 0 Å². The van der Waals surface area contributed by atoms with Crippen molar-refractivity contribution in [2.75, 3.05) is 50.5 Å². The Morgan fingerprint density at radius 2 is 2.22 bits per heavy atom. The predicted molar refractivity (Wildman–Crippen MR) is 74.2 cm³/mol. The molecule has 0 radical (unpaired) electrons. The Morgan fingerprint density at radius 1 is 1.44 bits per heavy atom. The molecule has 3 N–H and O–H groups in total. The summed E-state index contributed by atoms with van der Waals surface area (Å²) >= 11 is 0. The van der Waals surface area contributed by atoms with E-state index in [1.165, 1.54) is 0 Å².